The van der Waals surface area contributed by atoms with Crippen molar-refractivity contribution in [3.8, 4) is 0 Å². The van der Waals surface area contributed by atoms with Gasteiger partial charge in [0.05, 0.1) is 16.4 Å². The van der Waals surface area contributed by atoms with Crippen molar-refractivity contribution in [1.82, 2.24) is 0 Å². The van der Waals surface area contributed by atoms with E-state index in [4.69, 9.17) is 0 Å². The Morgan fingerprint density at radius 2 is 2.17 bits per heavy atom. The van der Waals surface area contributed by atoms with E-state index in [2.05, 4.69) is 5.32 Å². The summed E-state index contributed by atoms with van der Waals surface area (Å²) in [6.07, 6.45) is 0.459. The number of hydrogen-bond donors (Lipinski definition) is 1. The number of halogens is 1. The smallest absolute Gasteiger partial charge is 0.304 e. The van der Waals surface area contributed by atoms with E-state index in [1.807, 2.05) is 0 Å². The highest BCUT2D eigenvalue weighted by Crippen LogP contribution is 2.23. The molecule has 1 aromatic carbocycles. The molecule has 1 saturated heterocycles. The summed E-state index contributed by atoms with van der Waals surface area (Å²) in [4.78, 5) is 9.62. The van der Waals surface area contributed by atoms with Gasteiger partial charge < -0.3 is 5.32 Å². The maximum Gasteiger partial charge on any atom is 0.304 e. The number of sulfone groups is 1. The minimum absolute atomic E-state index is 0.00556. The van der Waals surface area contributed by atoms with E-state index in [9.17, 15) is 22.9 Å². The van der Waals surface area contributed by atoms with Crippen molar-refractivity contribution in [2.75, 3.05) is 16.8 Å². The van der Waals surface area contributed by atoms with E-state index in [-0.39, 0.29) is 17.5 Å². The normalized spacial score (nSPS) is 21.7. The third-order valence-electron chi connectivity index (χ3n) is 2.75. The molecule has 0 amide bonds. The Balaban J connectivity index is 2.12. The molecule has 1 heterocycles. The number of nitrogens with one attached hydrogen (secondary N) is 1. The minimum atomic E-state index is -3.01. The van der Waals surface area contributed by atoms with Gasteiger partial charge >= 0.3 is 5.69 Å². The first-order valence-corrected chi connectivity index (χ1v) is 7.10. The fourth-order valence-electron chi connectivity index (χ4n) is 1.89. The molecule has 1 fully saturated rings. The maximum absolute atomic E-state index is 13.3. The van der Waals surface area contributed by atoms with Crippen LogP contribution in [0.25, 0.3) is 0 Å². The van der Waals surface area contributed by atoms with Crippen molar-refractivity contribution in [1.29, 1.82) is 0 Å². The summed E-state index contributed by atoms with van der Waals surface area (Å²) in [5.41, 5.74) is -0.250. The SMILES string of the molecule is O=[N+]([O-])c1ccc(NC2CCS(=O)(=O)C2)cc1F. The van der Waals surface area contributed by atoms with Crippen molar-refractivity contribution in [3.05, 3.63) is 34.1 Å². The average Bonchev–Trinajstić information content (AvgIpc) is 2.57. The molecule has 1 N–H and O–H groups in total. The Morgan fingerprint density at radius 1 is 1.44 bits per heavy atom. The zero-order chi connectivity index (χ0) is 13.3. The van der Waals surface area contributed by atoms with Crippen molar-refractivity contribution in [2.45, 2.75) is 12.5 Å². The number of nitro groups is 1. The van der Waals surface area contributed by atoms with E-state index < -0.39 is 26.3 Å². The number of hydrogen-bond acceptors (Lipinski definition) is 5. The Morgan fingerprint density at radius 3 is 2.67 bits per heavy atom. The van der Waals surface area contributed by atoms with Gasteiger partial charge in [0, 0.05) is 23.9 Å². The summed E-state index contributed by atoms with van der Waals surface area (Å²) in [5.74, 6) is -0.822. The Bertz CT molecular complexity index is 588. The molecule has 0 radical (unpaired) electrons. The molecule has 0 bridgehead atoms. The van der Waals surface area contributed by atoms with Gasteiger partial charge in [-0.1, -0.05) is 0 Å². The van der Waals surface area contributed by atoms with Crippen LogP contribution in [0.15, 0.2) is 18.2 Å². The molecule has 1 atom stereocenters. The molecule has 1 aromatic rings. The van der Waals surface area contributed by atoms with Gasteiger partial charge in [-0.2, -0.15) is 4.39 Å². The van der Waals surface area contributed by atoms with Gasteiger partial charge in [0.1, 0.15) is 0 Å². The molecule has 8 heteroatoms. The zero-order valence-electron chi connectivity index (χ0n) is 9.30. The van der Waals surface area contributed by atoms with Crippen LogP contribution in [0.3, 0.4) is 0 Å². The highest BCUT2D eigenvalue weighted by molar-refractivity contribution is 7.91. The predicted octanol–water partition coefficient (Wildman–Crippen LogP) is 1.33. The average molecular weight is 274 g/mol. The lowest BCUT2D eigenvalue weighted by molar-refractivity contribution is -0.387. The standard InChI is InChI=1S/C10H11FN2O4S/c11-9-5-7(1-2-10(9)13(14)15)12-8-3-4-18(16,17)6-8/h1-2,5,8,12H,3-4,6H2. The molecule has 2 rings (SSSR count). The second-order valence-corrected chi connectivity index (χ2v) is 6.40. The molecule has 18 heavy (non-hydrogen) atoms. The van der Waals surface area contributed by atoms with Gasteiger partial charge in [-0.3, -0.25) is 10.1 Å². The number of nitrogens with zero attached hydrogens (tertiary/aromatic N) is 1. The molecular formula is C10H11FN2O4S. The highest BCUT2D eigenvalue weighted by Gasteiger charge is 2.28. The first-order chi connectivity index (χ1) is 8.37. The molecule has 0 aromatic heterocycles. The van der Waals surface area contributed by atoms with Crippen molar-refractivity contribution < 1.29 is 17.7 Å². The Hall–Kier alpha value is -1.70. The fraction of sp³-hybridized carbons (Fsp3) is 0.400. The number of benzene rings is 1. The molecule has 1 aliphatic heterocycles. The van der Waals surface area contributed by atoms with Crippen LogP contribution >= 0.6 is 0 Å². The predicted molar refractivity (Wildman–Crippen MR) is 63.7 cm³/mol. The van der Waals surface area contributed by atoms with Gasteiger partial charge in [-0.15, -0.1) is 0 Å². The van der Waals surface area contributed by atoms with Gasteiger partial charge in [0.2, 0.25) is 5.82 Å². The third-order valence-corrected chi connectivity index (χ3v) is 4.52. The van der Waals surface area contributed by atoms with Crippen molar-refractivity contribution >= 4 is 21.2 Å². The van der Waals surface area contributed by atoms with E-state index in [0.29, 0.717) is 12.1 Å². The maximum atomic E-state index is 13.3. The number of rotatable bonds is 3. The largest absolute Gasteiger partial charge is 0.381 e. The van der Waals surface area contributed by atoms with Gasteiger partial charge in [-0.25, -0.2) is 8.42 Å². The molecule has 1 aliphatic rings. The lowest BCUT2D eigenvalue weighted by Crippen LogP contribution is -2.20. The zero-order valence-corrected chi connectivity index (χ0v) is 10.1. The van der Waals surface area contributed by atoms with Crippen LogP contribution in [-0.2, 0) is 9.84 Å². The Labute approximate surface area is 103 Å². The quantitative estimate of drug-likeness (QED) is 0.663. The van der Waals surface area contributed by atoms with Crippen molar-refractivity contribution in [2.24, 2.45) is 0 Å². The summed E-state index contributed by atoms with van der Waals surface area (Å²) in [7, 11) is -3.01. The van der Waals surface area contributed by atoms with Crippen LogP contribution < -0.4 is 5.32 Å². The van der Waals surface area contributed by atoms with Crippen LogP contribution in [0.1, 0.15) is 6.42 Å². The summed E-state index contributed by atoms with van der Waals surface area (Å²) >= 11 is 0. The molecule has 6 nitrogen and oxygen atoms in total. The molecule has 1 unspecified atom stereocenters. The molecule has 0 saturated carbocycles. The molecule has 98 valence electrons. The van der Waals surface area contributed by atoms with Crippen LogP contribution in [0.2, 0.25) is 0 Å². The highest BCUT2D eigenvalue weighted by atomic mass is 32.2. The van der Waals surface area contributed by atoms with Crippen LogP contribution in [0, 0.1) is 15.9 Å². The first kappa shape index (κ1) is 12.7. The second kappa shape index (κ2) is 4.52. The van der Waals surface area contributed by atoms with Crippen LogP contribution in [-0.4, -0.2) is 30.9 Å². The van der Waals surface area contributed by atoms with Crippen molar-refractivity contribution in [3.63, 3.8) is 0 Å². The van der Waals surface area contributed by atoms with Crippen LogP contribution in [0.4, 0.5) is 15.8 Å². The second-order valence-electron chi connectivity index (χ2n) is 4.17. The molecule has 0 aliphatic carbocycles. The Kier molecular flexibility index (Phi) is 3.20. The van der Waals surface area contributed by atoms with E-state index in [1.165, 1.54) is 6.07 Å². The number of nitro benzene ring substituents is 1. The van der Waals surface area contributed by atoms with E-state index in [0.717, 1.165) is 12.1 Å². The van der Waals surface area contributed by atoms with Gasteiger partial charge in [0.15, 0.2) is 9.84 Å². The van der Waals surface area contributed by atoms with Crippen LogP contribution in [0.5, 0.6) is 0 Å². The summed E-state index contributed by atoms with van der Waals surface area (Å²) < 4.78 is 35.8. The first-order valence-electron chi connectivity index (χ1n) is 5.28. The molecular weight excluding hydrogens is 263 g/mol. The van der Waals surface area contributed by atoms with Gasteiger partial charge in [-0.05, 0) is 12.5 Å². The van der Waals surface area contributed by atoms with E-state index >= 15 is 0 Å². The fourth-order valence-corrected chi connectivity index (χ4v) is 3.56. The van der Waals surface area contributed by atoms with Gasteiger partial charge in [0.25, 0.3) is 0 Å². The lowest BCUT2D eigenvalue weighted by atomic mass is 10.2. The summed E-state index contributed by atoms with van der Waals surface area (Å²) in [5, 5.41) is 13.3. The summed E-state index contributed by atoms with van der Waals surface area (Å²) in [6.45, 7) is 0. The van der Waals surface area contributed by atoms with E-state index in [1.54, 1.807) is 0 Å². The number of anilines is 1. The molecule has 0 spiro atoms. The topological polar surface area (TPSA) is 89.3 Å². The monoisotopic (exact) mass is 274 g/mol. The lowest BCUT2D eigenvalue weighted by Gasteiger charge is -2.12. The minimum Gasteiger partial charge on any atom is -0.381 e. The third kappa shape index (κ3) is 2.76. The summed E-state index contributed by atoms with van der Waals surface area (Å²) in [6, 6.07) is 3.16.